The van der Waals surface area contributed by atoms with Crippen LogP contribution in [0.3, 0.4) is 0 Å². The number of aliphatic hydroxyl groups is 1. The number of hydrogen-bond donors (Lipinski definition) is 2. The van der Waals surface area contributed by atoms with Crippen molar-refractivity contribution in [1.29, 1.82) is 0 Å². The molecule has 2 heterocycles. The number of ether oxygens (including phenoxy) is 2. The van der Waals surface area contributed by atoms with E-state index in [1.54, 1.807) is 19.1 Å². The van der Waals surface area contributed by atoms with Gasteiger partial charge in [-0.1, -0.05) is 68.5 Å². The van der Waals surface area contributed by atoms with E-state index in [9.17, 15) is 24.8 Å². The maximum absolute atomic E-state index is 13.5. The van der Waals surface area contributed by atoms with Crippen LogP contribution in [-0.4, -0.2) is 53.9 Å². The van der Waals surface area contributed by atoms with E-state index < -0.39 is 55.7 Å². The number of aromatic amines is 1. The highest BCUT2D eigenvalue weighted by Crippen LogP contribution is 2.53. The first kappa shape index (κ1) is 39.6. The Morgan fingerprint density at radius 1 is 1.17 bits per heavy atom. The van der Waals surface area contributed by atoms with Gasteiger partial charge < -0.3 is 19.0 Å². The van der Waals surface area contributed by atoms with Crippen LogP contribution < -0.4 is 16.0 Å². The quantitative estimate of drug-likeness (QED) is 0.103. The molecule has 0 spiro atoms. The van der Waals surface area contributed by atoms with Gasteiger partial charge in [0, 0.05) is 16.1 Å². The summed E-state index contributed by atoms with van der Waals surface area (Å²) < 4.78 is 21.6. The number of nitro benzene ring substituents is 1. The van der Waals surface area contributed by atoms with Gasteiger partial charge in [-0.3, -0.25) is 24.5 Å². The Balaban J connectivity index is 2.16. The minimum atomic E-state index is -2.59. The Labute approximate surface area is 294 Å². The lowest BCUT2D eigenvalue weighted by atomic mass is 9.94. The molecule has 1 aliphatic heterocycles. The third-order valence-corrected chi connectivity index (χ3v) is 22.8. The summed E-state index contributed by atoms with van der Waals surface area (Å²) in [5, 5.41) is 23.1. The van der Waals surface area contributed by atoms with E-state index in [0.29, 0.717) is 15.6 Å². The first-order chi connectivity index (χ1) is 21.2. The summed E-state index contributed by atoms with van der Waals surface area (Å²) in [7, 11) is -4.83. The summed E-state index contributed by atoms with van der Waals surface area (Å²) in [5.74, 6) is -0.392. The lowest BCUT2D eigenvalue weighted by molar-refractivity contribution is -0.386. The molecular formula is C33H54IN3O8Si2. The minimum absolute atomic E-state index is 0.0651. The highest BCUT2D eigenvalue weighted by atomic mass is 127. The molecule has 1 aromatic heterocycles. The van der Waals surface area contributed by atoms with Gasteiger partial charge in [0.25, 0.3) is 11.2 Å². The SMILES string of the molecule is CCC(C)[C@@H](Oc1cn([C@@]2(C)C[C@@](O)([Si](C)(C)C(C)(C)C)[C@@H](CO[Si](C)(C)C(C)(C)C)O2)c(=O)[nH]c1=O)c1ccc(I)cc1[N+](=O)[O-]. The van der Waals surface area contributed by atoms with Crippen molar-refractivity contribution in [1.82, 2.24) is 9.55 Å². The molecule has 0 aliphatic carbocycles. The molecule has 1 aromatic carbocycles. The average molecular weight is 804 g/mol. The number of hydrogen-bond acceptors (Lipinski definition) is 8. The number of benzene rings is 1. The number of nitrogens with one attached hydrogen (secondary N) is 1. The molecule has 264 valence electrons. The smallest absolute Gasteiger partial charge is 0.330 e. The van der Waals surface area contributed by atoms with Crippen LogP contribution in [0.4, 0.5) is 5.69 Å². The molecular weight excluding hydrogens is 749 g/mol. The van der Waals surface area contributed by atoms with Crippen LogP contribution in [0.5, 0.6) is 5.75 Å². The molecule has 1 aliphatic rings. The molecule has 0 bridgehead atoms. The van der Waals surface area contributed by atoms with Crippen LogP contribution >= 0.6 is 22.6 Å². The second-order valence-corrected chi connectivity index (χ2v) is 28.0. The van der Waals surface area contributed by atoms with Crippen molar-refractivity contribution in [3.8, 4) is 5.75 Å². The zero-order chi connectivity index (χ0) is 36.1. The van der Waals surface area contributed by atoms with Crippen molar-refractivity contribution in [3.05, 3.63) is 64.5 Å². The normalized spacial score (nSPS) is 23.9. The van der Waals surface area contributed by atoms with E-state index in [1.165, 1.54) is 16.8 Å². The summed E-state index contributed by atoms with van der Waals surface area (Å²) in [6.07, 6.45) is 0.426. The van der Waals surface area contributed by atoms with Crippen LogP contribution in [0.25, 0.3) is 0 Å². The number of nitrogens with zero attached hydrogens (tertiary/aromatic N) is 2. The topological polar surface area (TPSA) is 146 Å². The highest BCUT2D eigenvalue weighted by molar-refractivity contribution is 14.1. The monoisotopic (exact) mass is 803 g/mol. The molecule has 11 nitrogen and oxygen atoms in total. The average Bonchev–Trinajstić information content (AvgIpc) is 3.21. The third kappa shape index (κ3) is 7.66. The molecule has 47 heavy (non-hydrogen) atoms. The molecule has 0 radical (unpaired) electrons. The molecule has 1 saturated heterocycles. The molecule has 5 atom stereocenters. The van der Waals surface area contributed by atoms with Crippen LogP contribution in [0.1, 0.15) is 86.8 Å². The Morgan fingerprint density at radius 3 is 2.28 bits per heavy atom. The first-order valence-electron chi connectivity index (χ1n) is 16.2. The van der Waals surface area contributed by atoms with Crippen molar-refractivity contribution < 1.29 is 23.9 Å². The third-order valence-electron chi connectivity index (χ3n) is 11.2. The summed E-state index contributed by atoms with van der Waals surface area (Å²) in [5.41, 5.74) is -2.62. The standard InChI is InChI=1S/C33H54IN3O8Si2/c1-14-21(2)27(23-16-15-22(34)17-24(23)37(41)42)44-25-18-36(29(39)35-28(25)38)32(9)20-33(40,46(10,11)30(3,4)5)26(45-32)19-43-47(12,13)31(6,7)8/h15-18,21,26-27,40H,14,19-20H2,1-13H3,(H,35,38,39)/t21?,26-,27-,32-,33-/m1/s1. The lowest BCUT2D eigenvalue weighted by Gasteiger charge is -2.50. The van der Waals surface area contributed by atoms with Crippen molar-refractivity contribution in [3.63, 3.8) is 0 Å². The van der Waals surface area contributed by atoms with Crippen LogP contribution in [0.15, 0.2) is 34.0 Å². The Hall–Kier alpha value is -1.86. The lowest BCUT2D eigenvalue weighted by Crippen LogP contribution is -2.65. The zero-order valence-corrected chi connectivity index (χ0v) is 34.4. The predicted octanol–water partition coefficient (Wildman–Crippen LogP) is 7.48. The maximum atomic E-state index is 13.5. The van der Waals surface area contributed by atoms with Crippen molar-refractivity contribution >= 4 is 44.7 Å². The molecule has 0 amide bonds. The van der Waals surface area contributed by atoms with E-state index in [-0.39, 0.29) is 40.5 Å². The molecule has 0 saturated carbocycles. The Bertz CT molecular complexity index is 1600. The van der Waals surface area contributed by atoms with Gasteiger partial charge >= 0.3 is 5.69 Å². The fraction of sp³-hybridized carbons (Fsp3) is 0.697. The van der Waals surface area contributed by atoms with Gasteiger partial charge in [-0.05, 0) is 77.2 Å². The first-order valence-corrected chi connectivity index (χ1v) is 23.2. The van der Waals surface area contributed by atoms with Crippen LogP contribution in [0, 0.1) is 19.6 Å². The number of aromatic nitrogens is 2. The van der Waals surface area contributed by atoms with Crippen molar-refractivity contribution in [2.75, 3.05) is 6.61 Å². The summed E-state index contributed by atoms with van der Waals surface area (Å²) in [6, 6.07) is 4.88. The van der Waals surface area contributed by atoms with Gasteiger partial charge in [0.15, 0.2) is 8.32 Å². The molecule has 2 N–H and O–H groups in total. The van der Waals surface area contributed by atoms with Gasteiger partial charge in [-0.15, -0.1) is 0 Å². The largest absolute Gasteiger partial charge is 0.478 e. The van der Waals surface area contributed by atoms with E-state index in [1.807, 2.05) is 36.4 Å². The van der Waals surface area contributed by atoms with E-state index in [4.69, 9.17) is 13.9 Å². The summed E-state index contributed by atoms with van der Waals surface area (Å²) in [4.78, 5) is 40.7. The van der Waals surface area contributed by atoms with Gasteiger partial charge in [0.2, 0.25) is 5.75 Å². The number of rotatable bonds is 11. The predicted molar refractivity (Wildman–Crippen MR) is 198 cm³/mol. The maximum Gasteiger partial charge on any atom is 0.330 e. The summed E-state index contributed by atoms with van der Waals surface area (Å²) >= 11 is 2.02. The van der Waals surface area contributed by atoms with Crippen molar-refractivity contribution in [2.24, 2.45) is 5.92 Å². The fourth-order valence-electron chi connectivity index (χ4n) is 5.79. The molecule has 1 unspecified atom stereocenters. The van der Waals surface area contributed by atoms with Crippen LogP contribution in [0.2, 0.25) is 36.3 Å². The second kappa shape index (κ2) is 13.5. The van der Waals surface area contributed by atoms with E-state index >= 15 is 0 Å². The fourth-order valence-corrected chi connectivity index (χ4v) is 10.3. The molecule has 14 heteroatoms. The van der Waals surface area contributed by atoms with E-state index in [2.05, 4.69) is 72.7 Å². The molecule has 1 fully saturated rings. The van der Waals surface area contributed by atoms with Gasteiger partial charge in [-0.25, -0.2) is 4.79 Å². The number of nitro groups is 1. The van der Waals surface area contributed by atoms with Crippen molar-refractivity contribution in [2.45, 2.75) is 135 Å². The Kier molecular flexibility index (Phi) is 11.3. The number of H-pyrrole nitrogens is 1. The highest BCUT2D eigenvalue weighted by Gasteiger charge is 2.65. The zero-order valence-electron chi connectivity index (χ0n) is 30.2. The second-order valence-electron chi connectivity index (χ2n) is 16.3. The minimum Gasteiger partial charge on any atom is -0.478 e. The number of halogens is 1. The van der Waals surface area contributed by atoms with E-state index in [0.717, 1.165) is 0 Å². The van der Waals surface area contributed by atoms with Gasteiger partial charge in [0.05, 0.1) is 36.6 Å². The summed E-state index contributed by atoms with van der Waals surface area (Å²) in [6.45, 7) is 27.1. The molecule has 2 aromatic rings. The Morgan fingerprint density at radius 2 is 1.77 bits per heavy atom. The van der Waals surface area contributed by atoms with Gasteiger partial charge in [-0.2, -0.15) is 0 Å². The molecule has 3 rings (SSSR count). The van der Waals surface area contributed by atoms with Gasteiger partial charge in [0.1, 0.15) is 17.9 Å². The van der Waals surface area contributed by atoms with Crippen LogP contribution in [-0.2, 0) is 14.9 Å².